The highest BCUT2D eigenvalue weighted by Gasteiger charge is 2.33. The van der Waals surface area contributed by atoms with Gasteiger partial charge < -0.3 is 4.74 Å². The number of hydrogen-bond donors (Lipinski definition) is 0. The highest BCUT2D eigenvalue weighted by atomic mass is 35.5. The van der Waals surface area contributed by atoms with Crippen molar-refractivity contribution in [3.05, 3.63) is 288 Å². The van der Waals surface area contributed by atoms with Gasteiger partial charge in [-0.2, -0.15) is 58.1 Å². The molecule has 0 aliphatic carbocycles. The van der Waals surface area contributed by atoms with Gasteiger partial charge in [0.25, 0.3) is 0 Å². The molecule has 9 aromatic carbocycles. The Balaban J connectivity index is 0.00000134. The van der Waals surface area contributed by atoms with E-state index < -0.39 is 39.6 Å². The molecule has 0 spiro atoms. The second kappa shape index (κ2) is 59.8. The van der Waals surface area contributed by atoms with Gasteiger partial charge in [0.15, 0.2) is 0 Å². The molecule has 33 heteroatoms. The maximum absolute atomic E-state index is 12.3. The van der Waals surface area contributed by atoms with Crippen LogP contribution < -0.4 is 0 Å². The summed E-state index contributed by atoms with van der Waals surface area (Å²) in [4.78, 5) is 144. The molecule has 9 aromatic rings. The number of halogens is 11. The summed E-state index contributed by atoms with van der Waals surface area (Å²) in [5.74, 6) is -0.0809. The SMILES string of the molecule is C=C(C)C(=O)OCCN=C=O.C=C(C)c1cccc(C(C)(C)N=C=O)c1.C=C(C)c1cccc(C(C)(C)N=C=O)c1.CCCCl.Cc1cc(Cl)cc(N=C=O)c1.Cc1cccc(N=C=O)c1.O=C=Nc1c(Cl)cccc1Cl.O=C=Nc1ccc(-c2ccc(N=C=O)c(Cl)c2)cc1Cl.O=C=Nc1ccc(Cl)c(C(F)(F)F)c1.O=C=Nc1cccc(F)c1. The summed E-state index contributed by atoms with van der Waals surface area (Å²) in [5, 5.41) is 1.51. The van der Waals surface area contributed by atoms with Crippen LogP contribution in [0, 0.1) is 19.7 Å². The zero-order valence-electron chi connectivity index (χ0n) is 66.4. The normalized spacial score (nSPS) is 9.46. The lowest BCUT2D eigenvalue weighted by molar-refractivity contribution is -0.139. The number of para-hydroxylation sites is 1. The van der Waals surface area contributed by atoms with E-state index in [1.54, 1.807) is 97.9 Å². The molecule has 0 amide bonds. The van der Waals surface area contributed by atoms with Crippen LogP contribution in [0.25, 0.3) is 22.3 Å². The zero-order chi connectivity index (χ0) is 91.7. The maximum Gasteiger partial charge on any atom is 0.417 e. The topological polar surface area (TPSA) is 321 Å². The molecule has 0 radical (unpaired) electrons. The van der Waals surface area contributed by atoms with Crippen LogP contribution in [0.4, 0.5) is 57.4 Å². The number of allylic oxidation sites excluding steroid dienone is 2. The van der Waals surface area contributed by atoms with Crippen molar-refractivity contribution in [3.63, 3.8) is 0 Å². The van der Waals surface area contributed by atoms with Crippen molar-refractivity contribution >= 4 is 199 Å². The molecular weight excluding hydrogens is 1710 g/mol. The molecule has 0 aliphatic heterocycles. The van der Waals surface area contributed by atoms with Crippen molar-refractivity contribution < 1.29 is 75.0 Å². The van der Waals surface area contributed by atoms with Crippen molar-refractivity contribution in [2.75, 3.05) is 19.0 Å². The van der Waals surface area contributed by atoms with Gasteiger partial charge in [0.2, 0.25) is 60.8 Å². The number of aliphatic imine (C=N–C) groups is 10. The lowest BCUT2D eigenvalue weighted by Crippen LogP contribution is -2.13. The highest BCUT2D eigenvalue weighted by Crippen LogP contribution is 2.38. The molecule has 0 bridgehead atoms. The van der Waals surface area contributed by atoms with Crippen molar-refractivity contribution in [1.29, 1.82) is 0 Å². The van der Waals surface area contributed by atoms with Crippen LogP contribution in [0.5, 0.6) is 0 Å². The standard InChI is InChI=1S/C14H6Cl2N2O2.2C13H15NO.C8H3ClF3NO.C8H6ClNO.C8H7NO.C7H3Cl2NO.C7H4FNO.C7H9NO3.C3H7Cl/c15-11-5-9(1-3-13(11)17-7-19)10-2-4-14(18-8-20)12(16)6-10;2*1-10(2)11-6-5-7-12(8-11)13(3,4)14-9-15;9-7-2-1-5(13-4-14)3-6(7)8(10,11)12;1-6-2-7(9)4-8(3-6)10-5-11;1-7-3-2-4-8(5-7)9-6-10;8-5-2-1-3-6(9)7(5)10-4-11;8-6-2-1-3-7(4-6)9-5-10;1-6(2)7(10)11-4-3-8-5-9;1-2-3-4/h1-6H;2*5-8H,1H2,2-4H3;1-3H;2-4H,1H3;2-5H,1H3;1-3H;1-4H;1,3-4H2,2H3;2-3H2,1H3. The first-order valence-corrected chi connectivity index (χ1v) is 37.3. The average Bonchev–Trinajstić information content (AvgIpc) is 0.851. The maximum atomic E-state index is 12.3. The van der Waals surface area contributed by atoms with Crippen LogP contribution >= 0.6 is 81.2 Å². The summed E-state index contributed by atoms with van der Waals surface area (Å²) in [6.07, 6.45) is 10.7. The number of rotatable bonds is 19. The fourth-order valence-electron chi connectivity index (χ4n) is 8.37. The zero-order valence-corrected chi connectivity index (χ0v) is 71.7. The predicted molar refractivity (Wildman–Crippen MR) is 467 cm³/mol. The van der Waals surface area contributed by atoms with Crippen LogP contribution in [-0.4, -0.2) is 85.8 Å². The molecule has 0 aliphatic rings. The third kappa shape index (κ3) is 45.1. The minimum absolute atomic E-state index is 0.0981. The lowest BCUT2D eigenvalue weighted by atomic mass is 9.92. The van der Waals surface area contributed by atoms with Crippen LogP contribution in [0.2, 0.25) is 30.1 Å². The fraction of sp³-hybridized carbons (Fsp3) is 0.193. The van der Waals surface area contributed by atoms with E-state index in [1.807, 2.05) is 129 Å². The Bertz CT molecular complexity index is 5300. The quantitative estimate of drug-likeness (QED) is 0.0139. The molecule has 626 valence electrons. The Morgan fingerprint density at radius 2 is 0.843 bits per heavy atom. The third-order valence-corrected chi connectivity index (χ3v) is 16.4. The van der Waals surface area contributed by atoms with Crippen LogP contribution in [0.15, 0.2) is 263 Å². The van der Waals surface area contributed by atoms with Crippen LogP contribution in [-0.2, 0) is 74.7 Å². The van der Waals surface area contributed by atoms with Crippen LogP contribution in [0.3, 0.4) is 0 Å². The van der Waals surface area contributed by atoms with Gasteiger partial charge >= 0.3 is 12.1 Å². The number of isocyanates is 10. The third-order valence-electron chi connectivity index (χ3n) is 14.3. The Hall–Kier alpha value is -12.8. The Morgan fingerprint density at radius 1 is 0.430 bits per heavy atom. The summed E-state index contributed by atoms with van der Waals surface area (Å²) < 4.78 is 53.6. The number of nitrogens with zero attached hydrogens (tertiary/aromatic N) is 10. The van der Waals surface area contributed by atoms with E-state index in [9.17, 15) is 70.3 Å². The summed E-state index contributed by atoms with van der Waals surface area (Å²) in [6.45, 7) is 30.3. The summed E-state index contributed by atoms with van der Waals surface area (Å²) in [6, 6.07) is 51.6. The number of ether oxygens (including phenoxy) is 1. The largest absolute Gasteiger partial charge is 0.460 e. The molecule has 0 saturated carbocycles. The molecule has 22 nitrogen and oxygen atoms in total. The first-order valence-electron chi connectivity index (χ1n) is 34.5. The van der Waals surface area contributed by atoms with Crippen LogP contribution in [0.1, 0.15) is 101 Å². The molecule has 0 unspecified atom stereocenters. The first kappa shape index (κ1) is 108. The second-order valence-corrected chi connectivity index (χ2v) is 27.5. The lowest BCUT2D eigenvalue weighted by Gasteiger charge is -2.18. The summed E-state index contributed by atoms with van der Waals surface area (Å²) in [7, 11) is 0. The van der Waals surface area contributed by atoms with Gasteiger partial charge in [-0.25, -0.2) is 62.1 Å². The number of esters is 1. The van der Waals surface area contributed by atoms with Gasteiger partial charge in [-0.05, 0) is 222 Å². The van der Waals surface area contributed by atoms with Crippen molar-refractivity contribution in [3.8, 4) is 11.1 Å². The van der Waals surface area contributed by atoms with E-state index in [4.69, 9.17) is 81.2 Å². The minimum atomic E-state index is -4.55. The number of benzene rings is 9. The summed E-state index contributed by atoms with van der Waals surface area (Å²) >= 11 is 39.5. The van der Waals surface area contributed by atoms with Gasteiger partial charge in [-0.3, -0.25) is 0 Å². The van der Waals surface area contributed by atoms with E-state index in [1.165, 1.54) is 66.8 Å². The monoisotopic (exact) mass is 1780 g/mol. The fourth-order valence-corrected chi connectivity index (χ4v) is 9.81. The van der Waals surface area contributed by atoms with Gasteiger partial charge in [-0.15, -0.1) is 11.6 Å². The van der Waals surface area contributed by atoms with Gasteiger partial charge in [0.05, 0.1) is 82.4 Å². The molecular formula is C88H75Cl7F4N10O12. The Labute approximate surface area is 730 Å². The Kier molecular flexibility index (Phi) is 53.5. The van der Waals surface area contributed by atoms with E-state index >= 15 is 0 Å². The predicted octanol–water partition coefficient (Wildman–Crippen LogP) is 25.9. The Morgan fingerprint density at radius 3 is 1.22 bits per heavy atom. The number of aryl methyl sites for hydroxylation is 2. The van der Waals surface area contributed by atoms with Gasteiger partial charge in [-0.1, -0.05) is 180 Å². The molecule has 0 aromatic heterocycles. The van der Waals surface area contributed by atoms with Crippen molar-refractivity contribution in [2.24, 2.45) is 49.9 Å². The minimum Gasteiger partial charge on any atom is -0.460 e. The van der Waals surface area contributed by atoms with Crippen molar-refractivity contribution in [1.82, 2.24) is 0 Å². The number of carbonyl (C=O) groups excluding carboxylic acids is 11. The van der Waals surface area contributed by atoms with Gasteiger partial charge in [0.1, 0.15) is 18.1 Å². The second-order valence-electron chi connectivity index (χ2n) is 24.6. The number of alkyl halides is 4. The van der Waals surface area contributed by atoms with E-state index in [2.05, 4.69) is 74.4 Å². The molecule has 0 N–H and O–H groups in total. The highest BCUT2D eigenvalue weighted by molar-refractivity contribution is 6.39. The molecule has 0 fully saturated rings. The molecule has 121 heavy (non-hydrogen) atoms. The van der Waals surface area contributed by atoms with E-state index in [0.717, 1.165) is 86.2 Å². The van der Waals surface area contributed by atoms with E-state index in [0.29, 0.717) is 59.5 Å². The summed E-state index contributed by atoms with van der Waals surface area (Å²) in [5.41, 5.74) is 10.4. The first-order chi connectivity index (χ1) is 57.3. The number of carbonyl (C=O) groups is 1. The molecule has 0 atom stereocenters. The number of hydrogen-bond acceptors (Lipinski definition) is 22. The smallest absolute Gasteiger partial charge is 0.417 e. The molecule has 9 rings (SSSR count). The molecule has 0 saturated heterocycles. The average molecular weight is 1790 g/mol. The van der Waals surface area contributed by atoms with Crippen molar-refractivity contribution in [2.45, 2.75) is 92.9 Å². The van der Waals surface area contributed by atoms with E-state index in [-0.39, 0.29) is 30.2 Å². The van der Waals surface area contributed by atoms with Gasteiger partial charge in [0, 0.05) is 22.5 Å². The molecule has 0 heterocycles.